The third-order valence-electron chi connectivity index (χ3n) is 2.87. The van der Waals surface area contributed by atoms with Crippen LogP contribution >= 0.6 is 0 Å². The molecule has 0 bridgehead atoms. The number of rotatable bonds is 1. The molecule has 0 aliphatic carbocycles. The average Bonchev–Trinajstić information content (AvgIpc) is 2.48. The van der Waals surface area contributed by atoms with Crippen molar-refractivity contribution in [2.24, 2.45) is 5.92 Å². The molecule has 3 heteroatoms. The van der Waals surface area contributed by atoms with Crippen molar-refractivity contribution in [3.05, 3.63) is 0 Å². The number of hydrogen-bond acceptors (Lipinski definition) is 3. The second-order valence-electron chi connectivity index (χ2n) is 4.63. The fourth-order valence-corrected chi connectivity index (χ4v) is 2.05. The SMILES string of the molecule is CC1(C)CNC(C2CCOCC2)O1. The highest BCUT2D eigenvalue weighted by molar-refractivity contribution is 4.85. The minimum atomic E-state index is 0.0168. The Kier molecular flexibility index (Phi) is 2.58. The van der Waals surface area contributed by atoms with Gasteiger partial charge in [-0.25, -0.2) is 0 Å². The molecule has 2 rings (SSSR count). The van der Waals surface area contributed by atoms with Crippen molar-refractivity contribution in [3.63, 3.8) is 0 Å². The summed E-state index contributed by atoms with van der Waals surface area (Å²) in [5.74, 6) is 0.649. The maximum Gasteiger partial charge on any atom is 0.112 e. The van der Waals surface area contributed by atoms with E-state index in [0.29, 0.717) is 5.92 Å². The van der Waals surface area contributed by atoms with Gasteiger partial charge in [-0.05, 0) is 26.7 Å². The van der Waals surface area contributed by atoms with Gasteiger partial charge in [0.05, 0.1) is 5.60 Å². The van der Waals surface area contributed by atoms with Crippen LogP contribution in [0.25, 0.3) is 0 Å². The van der Waals surface area contributed by atoms with Crippen LogP contribution in [0.3, 0.4) is 0 Å². The Hall–Kier alpha value is -0.120. The first-order valence-electron chi connectivity index (χ1n) is 5.16. The second-order valence-corrected chi connectivity index (χ2v) is 4.63. The Balaban J connectivity index is 1.87. The maximum absolute atomic E-state index is 5.92. The van der Waals surface area contributed by atoms with Crippen molar-refractivity contribution < 1.29 is 9.47 Å². The van der Waals surface area contributed by atoms with E-state index in [9.17, 15) is 0 Å². The van der Waals surface area contributed by atoms with Crippen molar-refractivity contribution in [2.45, 2.75) is 38.5 Å². The lowest BCUT2D eigenvalue weighted by molar-refractivity contribution is -0.0675. The van der Waals surface area contributed by atoms with E-state index in [1.807, 2.05) is 0 Å². The lowest BCUT2D eigenvalue weighted by Crippen LogP contribution is -2.35. The molecule has 0 aromatic rings. The van der Waals surface area contributed by atoms with Crippen LogP contribution in [-0.2, 0) is 9.47 Å². The number of nitrogens with one attached hydrogen (secondary N) is 1. The summed E-state index contributed by atoms with van der Waals surface area (Å²) in [7, 11) is 0. The first-order chi connectivity index (χ1) is 6.17. The first-order valence-corrected chi connectivity index (χ1v) is 5.16. The van der Waals surface area contributed by atoms with Gasteiger partial charge in [0.25, 0.3) is 0 Å². The van der Waals surface area contributed by atoms with Crippen molar-refractivity contribution >= 4 is 0 Å². The van der Waals surface area contributed by atoms with Crippen LogP contribution in [0, 0.1) is 5.92 Å². The normalized spacial score (nSPS) is 35.1. The molecule has 1 unspecified atom stereocenters. The Morgan fingerprint density at radius 2 is 1.92 bits per heavy atom. The molecular weight excluding hydrogens is 166 g/mol. The molecule has 2 heterocycles. The fraction of sp³-hybridized carbons (Fsp3) is 1.00. The summed E-state index contributed by atoms with van der Waals surface area (Å²) in [6, 6.07) is 0. The lowest BCUT2D eigenvalue weighted by atomic mass is 9.99. The predicted octanol–water partition coefficient (Wildman–Crippen LogP) is 1.14. The summed E-state index contributed by atoms with van der Waals surface area (Å²) in [6.07, 6.45) is 2.53. The Morgan fingerprint density at radius 3 is 2.46 bits per heavy atom. The number of hydrogen-bond donors (Lipinski definition) is 1. The summed E-state index contributed by atoms with van der Waals surface area (Å²) in [4.78, 5) is 0. The molecule has 0 aromatic heterocycles. The predicted molar refractivity (Wildman–Crippen MR) is 50.5 cm³/mol. The van der Waals surface area contributed by atoms with E-state index in [1.165, 1.54) is 0 Å². The van der Waals surface area contributed by atoms with E-state index in [-0.39, 0.29) is 11.8 Å². The molecule has 76 valence electrons. The van der Waals surface area contributed by atoms with Gasteiger partial charge in [-0.3, -0.25) is 5.32 Å². The van der Waals surface area contributed by atoms with Gasteiger partial charge in [0.2, 0.25) is 0 Å². The van der Waals surface area contributed by atoms with Gasteiger partial charge < -0.3 is 9.47 Å². The van der Waals surface area contributed by atoms with Crippen LogP contribution in [0.5, 0.6) is 0 Å². The van der Waals surface area contributed by atoms with E-state index in [0.717, 1.165) is 32.6 Å². The summed E-state index contributed by atoms with van der Waals surface area (Å²) in [5.41, 5.74) is 0.0168. The molecule has 0 saturated carbocycles. The molecule has 2 aliphatic rings. The van der Waals surface area contributed by atoms with Crippen molar-refractivity contribution in [3.8, 4) is 0 Å². The Bertz CT molecular complexity index is 176. The summed E-state index contributed by atoms with van der Waals surface area (Å²) >= 11 is 0. The van der Waals surface area contributed by atoms with E-state index >= 15 is 0 Å². The van der Waals surface area contributed by atoms with E-state index in [2.05, 4.69) is 19.2 Å². The molecular formula is C10H19NO2. The molecule has 13 heavy (non-hydrogen) atoms. The van der Waals surface area contributed by atoms with E-state index in [1.54, 1.807) is 0 Å². The summed E-state index contributed by atoms with van der Waals surface area (Å²) in [6.45, 7) is 7.03. The topological polar surface area (TPSA) is 30.5 Å². The zero-order valence-electron chi connectivity index (χ0n) is 8.51. The van der Waals surface area contributed by atoms with E-state index < -0.39 is 0 Å². The summed E-state index contributed by atoms with van der Waals surface area (Å²) < 4.78 is 11.2. The Morgan fingerprint density at radius 1 is 1.23 bits per heavy atom. The molecule has 2 fully saturated rings. The van der Waals surface area contributed by atoms with Crippen LogP contribution in [0.4, 0.5) is 0 Å². The highest BCUT2D eigenvalue weighted by atomic mass is 16.5. The Labute approximate surface area is 79.8 Å². The van der Waals surface area contributed by atoms with Gasteiger partial charge in [-0.15, -0.1) is 0 Å². The highest BCUT2D eigenvalue weighted by Gasteiger charge is 2.36. The zero-order valence-corrected chi connectivity index (χ0v) is 8.51. The van der Waals surface area contributed by atoms with Gasteiger partial charge in [-0.1, -0.05) is 0 Å². The van der Waals surface area contributed by atoms with Gasteiger partial charge in [-0.2, -0.15) is 0 Å². The molecule has 0 amide bonds. The molecule has 0 radical (unpaired) electrons. The smallest absolute Gasteiger partial charge is 0.112 e. The maximum atomic E-state index is 5.92. The van der Waals surface area contributed by atoms with Gasteiger partial charge in [0.1, 0.15) is 6.23 Å². The highest BCUT2D eigenvalue weighted by Crippen LogP contribution is 2.27. The van der Waals surface area contributed by atoms with Crippen LogP contribution in [0.15, 0.2) is 0 Å². The minimum Gasteiger partial charge on any atom is -0.381 e. The largest absolute Gasteiger partial charge is 0.381 e. The van der Waals surface area contributed by atoms with Crippen molar-refractivity contribution in [1.29, 1.82) is 0 Å². The molecule has 1 N–H and O–H groups in total. The molecule has 0 spiro atoms. The average molecular weight is 185 g/mol. The van der Waals surface area contributed by atoms with Crippen LogP contribution in [-0.4, -0.2) is 31.6 Å². The zero-order chi connectivity index (χ0) is 9.31. The first kappa shape index (κ1) is 9.44. The van der Waals surface area contributed by atoms with Crippen LogP contribution < -0.4 is 5.32 Å². The van der Waals surface area contributed by atoms with Gasteiger partial charge >= 0.3 is 0 Å². The second kappa shape index (κ2) is 3.56. The van der Waals surface area contributed by atoms with Crippen LogP contribution in [0.2, 0.25) is 0 Å². The van der Waals surface area contributed by atoms with E-state index in [4.69, 9.17) is 9.47 Å². The molecule has 1 atom stereocenters. The third kappa shape index (κ3) is 2.22. The van der Waals surface area contributed by atoms with Crippen LogP contribution in [0.1, 0.15) is 26.7 Å². The van der Waals surface area contributed by atoms with Gasteiger partial charge in [0, 0.05) is 25.7 Å². The van der Waals surface area contributed by atoms with Crippen molar-refractivity contribution in [1.82, 2.24) is 5.32 Å². The molecule has 2 aliphatic heterocycles. The molecule has 2 saturated heterocycles. The molecule has 3 nitrogen and oxygen atoms in total. The number of ether oxygens (including phenoxy) is 2. The van der Waals surface area contributed by atoms with Crippen molar-refractivity contribution in [2.75, 3.05) is 19.8 Å². The standard InChI is InChI=1S/C10H19NO2/c1-10(2)7-11-9(13-10)8-3-5-12-6-4-8/h8-9,11H,3-7H2,1-2H3. The third-order valence-corrected chi connectivity index (χ3v) is 2.87. The fourth-order valence-electron chi connectivity index (χ4n) is 2.05. The summed E-state index contributed by atoms with van der Waals surface area (Å²) in [5, 5.41) is 3.44. The monoisotopic (exact) mass is 185 g/mol. The van der Waals surface area contributed by atoms with Gasteiger partial charge in [0.15, 0.2) is 0 Å². The quantitative estimate of drug-likeness (QED) is 0.664. The molecule has 0 aromatic carbocycles. The lowest BCUT2D eigenvalue weighted by Gasteiger charge is -2.28. The minimum absolute atomic E-state index is 0.0168.